The third-order valence-corrected chi connectivity index (χ3v) is 5.34. The van der Waals surface area contributed by atoms with Gasteiger partial charge in [-0.25, -0.2) is 0 Å². The van der Waals surface area contributed by atoms with Gasteiger partial charge >= 0.3 is 0 Å². The summed E-state index contributed by atoms with van der Waals surface area (Å²) in [6, 6.07) is 2.62. The molecule has 1 aliphatic rings. The molecule has 3 atom stereocenters. The fraction of sp³-hybridized carbons (Fsp3) is 0.750. The first-order valence-corrected chi connectivity index (χ1v) is 8.45. The van der Waals surface area contributed by atoms with Crippen molar-refractivity contribution in [2.45, 2.75) is 45.7 Å². The molecule has 0 saturated heterocycles. The SMILES string of the molecule is CC(C)C1CCC(N)C(CN(C)Cc2ccsc2)C1. The van der Waals surface area contributed by atoms with Crippen LogP contribution in [0.5, 0.6) is 0 Å². The summed E-state index contributed by atoms with van der Waals surface area (Å²) in [5, 5.41) is 4.40. The lowest BCUT2D eigenvalue weighted by molar-refractivity contribution is 0.147. The van der Waals surface area contributed by atoms with Crippen molar-refractivity contribution in [3.05, 3.63) is 22.4 Å². The van der Waals surface area contributed by atoms with E-state index in [1.807, 2.05) is 0 Å². The van der Waals surface area contributed by atoms with Crippen molar-refractivity contribution in [3.63, 3.8) is 0 Å². The van der Waals surface area contributed by atoms with Gasteiger partial charge in [0.1, 0.15) is 0 Å². The fourth-order valence-corrected chi connectivity index (χ4v) is 3.96. The van der Waals surface area contributed by atoms with Crippen molar-refractivity contribution in [1.29, 1.82) is 0 Å². The summed E-state index contributed by atoms with van der Waals surface area (Å²) in [5.74, 6) is 2.35. The molecule has 1 saturated carbocycles. The predicted molar refractivity (Wildman–Crippen MR) is 84.3 cm³/mol. The Hall–Kier alpha value is -0.380. The van der Waals surface area contributed by atoms with Crippen LogP contribution in [-0.4, -0.2) is 24.5 Å². The van der Waals surface area contributed by atoms with E-state index >= 15 is 0 Å². The molecule has 0 bridgehead atoms. The maximum atomic E-state index is 6.34. The van der Waals surface area contributed by atoms with Gasteiger partial charge in [0.15, 0.2) is 0 Å². The van der Waals surface area contributed by atoms with Gasteiger partial charge in [0.25, 0.3) is 0 Å². The van der Waals surface area contributed by atoms with Gasteiger partial charge in [-0.1, -0.05) is 13.8 Å². The summed E-state index contributed by atoms with van der Waals surface area (Å²) < 4.78 is 0. The highest BCUT2D eigenvalue weighted by Gasteiger charge is 2.30. The molecule has 1 heterocycles. The second-order valence-electron chi connectivity index (χ2n) is 6.57. The van der Waals surface area contributed by atoms with Gasteiger partial charge in [-0.2, -0.15) is 11.3 Å². The molecule has 1 fully saturated rings. The molecule has 2 nitrogen and oxygen atoms in total. The van der Waals surface area contributed by atoms with Gasteiger partial charge in [0, 0.05) is 19.1 Å². The molecule has 1 aliphatic carbocycles. The lowest BCUT2D eigenvalue weighted by Gasteiger charge is -2.38. The predicted octanol–water partition coefficient (Wildman–Crippen LogP) is 3.58. The molecule has 0 amide bonds. The van der Waals surface area contributed by atoms with E-state index in [2.05, 4.69) is 42.6 Å². The molecule has 108 valence electrons. The minimum absolute atomic E-state index is 0.403. The second kappa shape index (κ2) is 6.87. The Morgan fingerprint density at radius 3 is 2.84 bits per heavy atom. The molecule has 19 heavy (non-hydrogen) atoms. The number of rotatable bonds is 5. The molecule has 0 spiro atoms. The van der Waals surface area contributed by atoms with E-state index in [0.717, 1.165) is 24.9 Å². The molecule has 0 aliphatic heterocycles. The Balaban J connectivity index is 1.85. The Bertz CT molecular complexity index is 361. The minimum Gasteiger partial charge on any atom is -0.327 e. The summed E-state index contributed by atoms with van der Waals surface area (Å²) in [7, 11) is 2.23. The van der Waals surface area contributed by atoms with Crippen LogP contribution in [0.4, 0.5) is 0 Å². The first-order valence-electron chi connectivity index (χ1n) is 7.51. The van der Waals surface area contributed by atoms with Crippen molar-refractivity contribution in [3.8, 4) is 0 Å². The van der Waals surface area contributed by atoms with Gasteiger partial charge in [-0.05, 0) is 66.5 Å². The second-order valence-corrected chi connectivity index (χ2v) is 7.35. The summed E-state index contributed by atoms with van der Waals surface area (Å²) >= 11 is 1.78. The van der Waals surface area contributed by atoms with Crippen molar-refractivity contribution < 1.29 is 0 Å². The lowest BCUT2D eigenvalue weighted by Crippen LogP contribution is -2.42. The van der Waals surface area contributed by atoms with Crippen LogP contribution in [-0.2, 0) is 6.54 Å². The van der Waals surface area contributed by atoms with E-state index in [1.54, 1.807) is 11.3 Å². The smallest absolute Gasteiger partial charge is 0.0239 e. The van der Waals surface area contributed by atoms with Crippen molar-refractivity contribution in [1.82, 2.24) is 4.90 Å². The zero-order valence-electron chi connectivity index (χ0n) is 12.5. The third kappa shape index (κ3) is 4.30. The molecule has 3 heteroatoms. The molecule has 2 N–H and O–H groups in total. The zero-order chi connectivity index (χ0) is 13.8. The first kappa shape index (κ1) is 15.0. The van der Waals surface area contributed by atoms with Crippen LogP contribution in [0.2, 0.25) is 0 Å². The van der Waals surface area contributed by atoms with E-state index in [1.165, 1.54) is 24.8 Å². The number of hydrogen-bond acceptors (Lipinski definition) is 3. The Morgan fingerprint density at radius 1 is 1.42 bits per heavy atom. The average molecular weight is 280 g/mol. The minimum atomic E-state index is 0.403. The van der Waals surface area contributed by atoms with Gasteiger partial charge in [-0.15, -0.1) is 0 Å². The highest BCUT2D eigenvalue weighted by molar-refractivity contribution is 7.07. The maximum absolute atomic E-state index is 6.34. The highest BCUT2D eigenvalue weighted by Crippen LogP contribution is 2.33. The van der Waals surface area contributed by atoms with Crippen LogP contribution in [0.3, 0.4) is 0 Å². The van der Waals surface area contributed by atoms with Crippen LogP contribution in [0.1, 0.15) is 38.7 Å². The standard InChI is InChI=1S/C16H28N2S/c1-12(2)14-4-5-16(17)15(8-14)10-18(3)9-13-6-7-19-11-13/h6-7,11-12,14-16H,4-5,8-10,17H2,1-3H3. The van der Waals surface area contributed by atoms with E-state index < -0.39 is 0 Å². The first-order chi connectivity index (χ1) is 9.06. The largest absolute Gasteiger partial charge is 0.327 e. The molecular formula is C16H28N2S. The quantitative estimate of drug-likeness (QED) is 0.893. The normalized spacial score (nSPS) is 28.2. The van der Waals surface area contributed by atoms with E-state index in [9.17, 15) is 0 Å². The number of hydrogen-bond donors (Lipinski definition) is 1. The van der Waals surface area contributed by atoms with E-state index in [0.29, 0.717) is 12.0 Å². The Morgan fingerprint density at radius 2 is 2.21 bits per heavy atom. The summed E-state index contributed by atoms with van der Waals surface area (Å²) in [6.07, 6.45) is 3.84. The average Bonchev–Trinajstić information content (AvgIpc) is 2.84. The van der Waals surface area contributed by atoms with Crippen molar-refractivity contribution >= 4 is 11.3 Å². The molecule has 0 radical (unpaired) electrons. The molecule has 1 aromatic rings. The fourth-order valence-electron chi connectivity index (χ4n) is 3.30. The molecule has 3 unspecified atom stereocenters. The van der Waals surface area contributed by atoms with Gasteiger partial charge in [0.05, 0.1) is 0 Å². The molecule has 2 rings (SSSR count). The van der Waals surface area contributed by atoms with Gasteiger partial charge in [-0.3, -0.25) is 0 Å². The number of nitrogens with zero attached hydrogens (tertiary/aromatic N) is 1. The molecule has 0 aromatic carbocycles. The van der Waals surface area contributed by atoms with E-state index in [4.69, 9.17) is 5.73 Å². The van der Waals surface area contributed by atoms with Crippen LogP contribution < -0.4 is 5.73 Å². The summed E-state index contributed by atoms with van der Waals surface area (Å²) in [4.78, 5) is 2.44. The maximum Gasteiger partial charge on any atom is 0.0239 e. The lowest BCUT2D eigenvalue weighted by atomic mass is 9.74. The van der Waals surface area contributed by atoms with Crippen molar-refractivity contribution in [2.75, 3.05) is 13.6 Å². The van der Waals surface area contributed by atoms with Crippen LogP contribution in [0.25, 0.3) is 0 Å². The highest BCUT2D eigenvalue weighted by atomic mass is 32.1. The van der Waals surface area contributed by atoms with Crippen LogP contribution in [0.15, 0.2) is 16.8 Å². The Labute approximate surface area is 122 Å². The van der Waals surface area contributed by atoms with Gasteiger partial charge in [0.2, 0.25) is 0 Å². The monoisotopic (exact) mass is 280 g/mol. The summed E-state index contributed by atoms with van der Waals surface area (Å²) in [6.45, 7) is 6.90. The zero-order valence-corrected chi connectivity index (χ0v) is 13.3. The van der Waals surface area contributed by atoms with Crippen LogP contribution >= 0.6 is 11.3 Å². The van der Waals surface area contributed by atoms with Crippen LogP contribution in [0, 0.1) is 17.8 Å². The topological polar surface area (TPSA) is 29.3 Å². The van der Waals surface area contributed by atoms with Gasteiger partial charge < -0.3 is 10.6 Å². The number of thiophene rings is 1. The number of nitrogens with two attached hydrogens (primary N) is 1. The molecule has 1 aromatic heterocycles. The molecular weight excluding hydrogens is 252 g/mol. The van der Waals surface area contributed by atoms with E-state index in [-0.39, 0.29) is 0 Å². The Kier molecular flexibility index (Phi) is 5.43. The van der Waals surface area contributed by atoms with Crippen molar-refractivity contribution in [2.24, 2.45) is 23.5 Å². The summed E-state index contributed by atoms with van der Waals surface area (Å²) in [5.41, 5.74) is 7.77. The third-order valence-electron chi connectivity index (χ3n) is 4.60.